The van der Waals surface area contributed by atoms with E-state index in [-0.39, 0.29) is 5.38 Å². The summed E-state index contributed by atoms with van der Waals surface area (Å²) in [6.45, 7) is 14.4. The van der Waals surface area contributed by atoms with Gasteiger partial charge in [0.2, 0.25) is 0 Å². The molecule has 0 aliphatic carbocycles. The summed E-state index contributed by atoms with van der Waals surface area (Å²) >= 11 is 7.98. The molecule has 0 aliphatic heterocycles. The molecule has 1 aromatic rings. The van der Waals surface area contributed by atoms with Gasteiger partial charge in [0.15, 0.2) is 5.13 Å². The van der Waals surface area contributed by atoms with Gasteiger partial charge < -0.3 is 5.32 Å². The summed E-state index contributed by atoms with van der Waals surface area (Å²) in [5, 5.41) is 4.22. The number of allylic oxidation sites excluding steroid dienone is 9. The van der Waals surface area contributed by atoms with Gasteiger partial charge in [0, 0.05) is 35.1 Å². The first-order chi connectivity index (χ1) is 13.8. The van der Waals surface area contributed by atoms with Crippen molar-refractivity contribution in [2.24, 2.45) is 4.99 Å². The highest BCUT2D eigenvalue weighted by Crippen LogP contribution is 2.29. The maximum absolute atomic E-state index is 6.32. The smallest absolute Gasteiger partial charge is 0.183 e. The number of hydrogen-bond donors (Lipinski definition) is 1. The maximum Gasteiger partial charge on any atom is 0.183 e. The molecule has 0 bridgehead atoms. The van der Waals surface area contributed by atoms with E-state index in [4.69, 9.17) is 11.6 Å². The van der Waals surface area contributed by atoms with Gasteiger partial charge in [-0.25, -0.2) is 4.98 Å². The van der Waals surface area contributed by atoms with Crippen LogP contribution in [0.2, 0.25) is 0 Å². The second kappa shape index (κ2) is 13.3. The topological polar surface area (TPSA) is 37.3 Å². The molecular weight excluding hydrogens is 398 g/mol. The van der Waals surface area contributed by atoms with Gasteiger partial charge >= 0.3 is 0 Å². The van der Waals surface area contributed by atoms with E-state index in [1.807, 2.05) is 46.2 Å². The van der Waals surface area contributed by atoms with Crippen molar-refractivity contribution in [3.8, 4) is 0 Å². The van der Waals surface area contributed by atoms with Crippen LogP contribution in [0.1, 0.15) is 59.8 Å². The Morgan fingerprint density at radius 3 is 2.59 bits per heavy atom. The molecule has 5 heteroatoms. The van der Waals surface area contributed by atoms with Crippen molar-refractivity contribution in [2.45, 2.75) is 66.3 Å². The molecule has 0 saturated carbocycles. The summed E-state index contributed by atoms with van der Waals surface area (Å²) in [4.78, 5) is 10.2. The lowest BCUT2D eigenvalue weighted by atomic mass is 9.96. The van der Waals surface area contributed by atoms with Crippen LogP contribution < -0.4 is 5.32 Å². The Labute approximate surface area is 185 Å². The lowest BCUT2D eigenvalue weighted by molar-refractivity contribution is 0.896. The molecule has 3 nitrogen and oxygen atoms in total. The van der Waals surface area contributed by atoms with Crippen LogP contribution in [0.5, 0.6) is 0 Å². The molecule has 0 saturated heterocycles. The SMILES string of the molecule is C/C=C\N=C(C)/C(=C\C(=C/C)c1cnc(NC(C)C)s1)C(/C=C\CC)=C/C(C)Cl. The van der Waals surface area contributed by atoms with E-state index in [0.29, 0.717) is 6.04 Å². The van der Waals surface area contributed by atoms with Gasteiger partial charge in [-0.05, 0) is 65.2 Å². The number of alkyl halides is 1. The van der Waals surface area contributed by atoms with Gasteiger partial charge in [-0.2, -0.15) is 0 Å². The van der Waals surface area contributed by atoms with E-state index in [1.54, 1.807) is 11.3 Å². The Balaban J connectivity index is 3.51. The van der Waals surface area contributed by atoms with Crippen LogP contribution in [-0.4, -0.2) is 22.1 Å². The first kappa shape index (κ1) is 25.1. The highest BCUT2D eigenvalue weighted by molar-refractivity contribution is 7.16. The predicted octanol–water partition coefficient (Wildman–Crippen LogP) is 7.81. The largest absolute Gasteiger partial charge is 0.359 e. The number of rotatable bonds is 10. The molecule has 0 radical (unpaired) electrons. The molecule has 1 aromatic heterocycles. The molecule has 0 spiro atoms. The third kappa shape index (κ3) is 8.97. The van der Waals surface area contributed by atoms with E-state index < -0.39 is 0 Å². The fourth-order valence-electron chi connectivity index (χ4n) is 2.55. The van der Waals surface area contributed by atoms with Gasteiger partial charge in [0.25, 0.3) is 0 Å². The molecule has 1 unspecified atom stereocenters. The van der Waals surface area contributed by atoms with Crippen LogP contribution in [0.3, 0.4) is 0 Å². The van der Waals surface area contributed by atoms with Crippen molar-refractivity contribution in [2.75, 3.05) is 5.32 Å². The standard InChI is InChI=1S/C24H34ClN3S/c1-8-11-12-21(14-18(6)25)22(19(7)26-13-9-2)15-20(10-3)23-16-27-24(29-23)28-17(4)5/h9-18H,8H2,1-7H3,(H,27,28)/b12-11-,13-9-,20-10+,21-14+,22-15+,26-19-. The number of hydrogen-bond acceptors (Lipinski definition) is 4. The number of halogens is 1. The Bertz CT molecular complexity index is 821. The summed E-state index contributed by atoms with van der Waals surface area (Å²) in [6, 6.07) is 0.350. The van der Waals surface area contributed by atoms with E-state index >= 15 is 0 Å². The first-order valence-corrected chi connectivity index (χ1v) is 11.4. The van der Waals surface area contributed by atoms with E-state index in [2.05, 4.69) is 66.4 Å². The van der Waals surface area contributed by atoms with Gasteiger partial charge in [-0.15, -0.1) is 11.6 Å². The molecule has 1 N–H and O–H groups in total. The van der Waals surface area contributed by atoms with Crippen molar-refractivity contribution in [3.05, 3.63) is 64.9 Å². The third-order valence-electron chi connectivity index (χ3n) is 3.87. The van der Waals surface area contributed by atoms with Crippen LogP contribution in [0, 0.1) is 0 Å². The zero-order valence-corrected chi connectivity index (χ0v) is 20.2. The highest BCUT2D eigenvalue weighted by Gasteiger charge is 2.12. The molecule has 1 heterocycles. The second-order valence-corrected chi connectivity index (χ2v) is 8.66. The maximum atomic E-state index is 6.32. The van der Waals surface area contributed by atoms with Crippen molar-refractivity contribution in [1.29, 1.82) is 0 Å². The van der Waals surface area contributed by atoms with E-state index in [1.165, 1.54) is 0 Å². The minimum Gasteiger partial charge on any atom is -0.359 e. The lowest BCUT2D eigenvalue weighted by Gasteiger charge is -2.11. The monoisotopic (exact) mass is 431 g/mol. The highest BCUT2D eigenvalue weighted by atomic mass is 35.5. The molecule has 1 atom stereocenters. The summed E-state index contributed by atoms with van der Waals surface area (Å²) in [5.74, 6) is 0. The van der Waals surface area contributed by atoms with Gasteiger partial charge in [-0.1, -0.05) is 48.6 Å². The number of nitrogens with zero attached hydrogens (tertiary/aromatic N) is 2. The minimum atomic E-state index is -0.0799. The van der Waals surface area contributed by atoms with Crippen LogP contribution in [0.4, 0.5) is 5.13 Å². The van der Waals surface area contributed by atoms with Crippen LogP contribution in [0.25, 0.3) is 5.57 Å². The van der Waals surface area contributed by atoms with E-state index in [0.717, 1.165) is 38.9 Å². The van der Waals surface area contributed by atoms with Crippen molar-refractivity contribution >= 4 is 39.4 Å². The zero-order valence-electron chi connectivity index (χ0n) is 18.7. The summed E-state index contributed by atoms with van der Waals surface area (Å²) in [6.07, 6.45) is 17.3. The van der Waals surface area contributed by atoms with Crippen LogP contribution in [0.15, 0.2) is 65.0 Å². The molecule has 0 aliphatic rings. The first-order valence-electron chi connectivity index (χ1n) is 10.1. The molecule has 0 amide bonds. The Hall–Kier alpha value is -1.91. The molecule has 1 rings (SSSR count). The van der Waals surface area contributed by atoms with Crippen molar-refractivity contribution in [3.63, 3.8) is 0 Å². The molecule has 158 valence electrons. The Morgan fingerprint density at radius 2 is 2.03 bits per heavy atom. The quantitative estimate of drug-likeness (QED) is 0.233. The zero-order chi connectivity index (χ0) is 21.8. The van der Waals surface area contributed by atoms with E-state index in [9.17, 15) is 0 Å². The fraction of sp³-hybridized carbons (Fsp3) is 0.417. The minimum absolute atomic E-state index is 0.0799. The fourth-order valence-corrected chi connectivity index (χ4v) is 3.70. The number of aromatic nitrogens is 1. The normalized spacial score (nSPS) is 15.8. The van der Waals surface area contributed by atoms with Gasteiger partial charge in [-0.3, -0.25) is 4.99 Å². The summed E-state index contributed by atoms with van der Waals surface area (Å²) in [5.41, 5.74) is 4.18. The molecular formula is C24H34ClN3S. The molecule has 0 fully saturated rings. The summed E-state index contributed by atoms with van der Waals surface area (Å²) < 4.78 is 0. The third-order valence-corrected chi connectivity index (χ3v) is 4.98. The van der Waals surface area contributed by atoms with Crippen LogP contribution >= 0.6 is 22.9 Å². The average molecular weight is 432 g/mol. The second-order valence-electron chi connectivity index (χ2n) is 6.94. The molecule has 29 heavy (non-hydrogen) atoms. The number of nitrogens with one attached hydrogen (secondary N) is 1. The van der Waals surface area contributed by atoms with Crippen molar-refractivity contribution in [1.82, 2.24) is 4.98 Å². The van der Waals surface area contributed by atoms with Gasteiger partial charge in [0.1, 0.15) is 0 Å². The predicted molar refractivity (Wildman–Crippen MR) is 133 cm³/mol. The summed E-state index contributed by atoms with van der Waals surface area (Å²) in [7, 11) is 0. The van der Waals surface area contributed by atoms with Crippen LogP contribution in [-0.2, 0) is 0 Å². The Kier molecular flexibility index (Phi) is 11.6. The number of aliphatic imine (C=N–C) groups is 1. The number of anilines is 1. The van der Waals surface area contributed by atoms with Crippen molar-refractivity contribution < 1.29 is 0 Å². The Morgan fingerprint density at radius 1 is 1.31 bits per heavy atom. The van der Waals surface area contributed by atoms with Gasteiger partial charge in [0.05, 0.1) is 4.88 Å². The number of thiazole rings is 1. The lowest BCUT2D eigenvalue weighted by Crippen LogP contribution is -2.08. The average Bonchev–Trinajstić information content (AvgIpc) is 3.11. The molecule has 0 aromatic carbocycles.